The molecule has 0 aromatic heterocycles. The molecular weight excluding hydrogens is 245 g/mol. The maximum Gasteiger partial charge on any atom is 0.139 e. The van der Waals surface area contributed by atoms with E-state index >= 15 is 0 Å². The van der Waals surface area contributed by atoms with Crippen LogP contribution in [0.2, 0.25) is 10.0 Å². The van der Waals surface area contributed by atoms with Crippen LogP contribution in [0.15, 0.2) is 18.2 Å². The van der Waals surface area contributed by atoms with Gasteiger partial charge in [0.1, 0.15) is 5.75 Å². The molecule has 16 heavy (non-hydrogen) atoms. The highest BCUT2D eigenvalue weighted by atomic mass is 35.5. The van der Waals surface area contributed by atoms with E-state index in [1.807, 2.05) is 0 Å². The fourth-order valence-corrected chi connectivity index (χ4v) is 1.77. The number of nitrogens with one attached hydrogen (secondary N) is 1. The van der Waals surface area contributed by atoms with E-state index in [0.717, 1.165) is 19.0 Å². The third kappa shape index (κ3) is 3.85. The van der Waals surface area contributed by atoms with Crippen LogP contribution in [0.5, 0.6) is 5.75 Å². The largest absolute Gasteiger partial charge is 0.492 e. The Hall–Kier alpha value is -0.440. The van der Waals surface area contributed by atoms with Gasteiger partial charge in [0.2, 0.25) is 0 Å². The second kappa shape index (κ2) is 5.76. The van der Waals surface area contributed by atoms with Crippen molar-refractivity contribution in [2.45, 2.75) is 25.3 Å². The molecule has 2 rings (SSSR count). The Morgan fingerprint density at radius 2 is 2.12 bits per heavy atom. The Bertz CT molecular complexity index is 353. The van der Waals surface area contributed by atoms with Crippen molar-refractivity contribution in [2.24, 2.45) is 0 Å². The first kappa shape index (κ1) is 12.0. The molecule has 4 heteroatoms. The zero-order chi connectivity index (χ0) is 11.4. The van der Waals surface area contributed by atoms with Gasteiger partial charge in [-0.15, -0.1) is 0 Å². The van der Waals surface area contributed by atoms with Crippen LogP contribution < -0.4 is 10.1 Å². The molecule has 0 heterocycles. The van der Waals surface area contributed by atoms with E-state index in [-0.39, 0.29) is 0 Å². The molecule has 1 aliphatic carbocycles. The summed E-state index contributed by atoms with van der Waals surface area (Å²) in [6.45, 7) is 1.67. The van der Waals surface area contributed by atoms with Gasteiger partial charge < -0.3 is 10.1 Å². The summed E-state index contributed by atoms with van der Waals surface area (Å²) in [5, 5.41) is 4.69. The van der Waals surface area contributed by atoms with E-state index in [1.54, 1.807) is 18.2 Å². The van der Waals surface area contributed by atoms with Crippen molar-refractivity contribution < 1.29 is 4.74 Å². The van der Waals surface area contributed by atoms with Gasteiger partial charge in [-0.1, -0.05) is 23.2 Å². The summed E-state index contributed by atoms with van der Waals surface area (Å²) in [4.78, 5) is 0. The lowest BCUT2D eigenvalue weighted by Crippen LogP contribution is -2.19. The fourth-order valence-electron chi connectivity index (χ4n) is 1.44. The molecule has 1 fully saturated rings. The normalized spacial score (nSPS) is 15.1. The van der Waals surface area contributed by atoms with E-state index in [4.69, 9.17) is 27.9 Å². The van der Waals surface area contributed by atoms with Gasteiger partial charge >= 0.3 is 0 Å². The van der Waals surface area contributed by atoms with E-state index < -0.39 is 0 Å². The zero-order valence-corrected chi connectivity index (χ0v) is 10.5. The first-order valence-corrected chi connectivity index (χ1v) is 6.32. The van der Waals surface area contributed by atoms with Crippen LogP contribution in [0.3, 0.4) is 0 Å². The smallest absolute Gasteiger partial charge is 0.139 e. The second-order valence-corrected chi connectivity index (χ2v) is 4.85. The van der Waals surface area contributed by atoms with Gasteiger partial charge in [0, 0.05) is 17.1 Å². The Morgan fingerprint density at radius 3 is 2.88 bits per heavy atom. The van der Waals surface area contributed by atoms with Crippen molar-refractivity contribution in [3.63, 3.8) is 0 Å². The first-order chi connectivity index (χ1) is 7.75. The van der Waals surface area contributed by atoms with Crippen LogP contribution in [0.1, 0.15) is 19.3 Å². The third-order valence-corrected chi connectivity index (χ3v) is 3.03. The molecule has 0 aliphatic heterocycles. The van der Waals surface area contributed by atoms with Crippen LogP contribution >= 0.6 is 23.2 Å². The summed E-state index contributed by atoms with van der Waals surface area (Å²) in [6, 6.07) is 6.01. The maximum atomic E-state index is 5.97. The van der Waals surface area contributed by atoms with Crippen molar-refractivity contribution in [3.05, 3.63) is 28.2 Å². The third-order valence-electron chi connectivity index (χ3n) is 2.48. The molecule has 0 amide bonds. The lowest BCUT2D eigenvalue weighted by atomic mass is 10.3. The lowest BCUT2D eigenvalue weighted by Gasteiger charge is -2.08. The van der Waals surface area contributed by atoms with Gasteiger partial charge in [-0.05, 0) is 37.9 Å². The highest BCUT2D eigenvalue weighted by molar-refractivity contribution is 6.34. The summed E-state index contributed by atoms with van der Waals surface area (Å²) in [6.07, 6.45) is 3.63. The monoisotopic (exact) mass is 259 g/mol. The minimum atomic E-state index is 0.611. The molecule has 2 nitrogen and oxygen atoms in total. The molecule has 0 spiro atoms. The average molecular weight is 260 g/mol. The summed E-state index contributed by atoms with van der Waals surface area (Å²) in [5.41, 5.74) is 0. The predicted molar refractivity (Wildman–Crippen MR) is 67.6 cm³/mol. The van der Waals surface area contributed by atoms with Crippen LogP contribution in [0.25, 0.3) is 0 Å². The lowest BCUT2D eigenvalue weighted by molar-refractivity contribution is 0.308. The molecule has 0 atom stereocenters. The molecule has 0 bridgehead atoms. The average Bonchev–Trinajstić information content (AvgIpc) is 3.06. The van der Waals surface area contributed by atoms with E-state index in [1.165, 1.54) is 12.8 Å². The highest BCUT2D eigenvalue weighted by Gasteiger charge is 2.19. The van der Waals surface area contributed by atoms with Crippen molar-refractivity contribution >= 4 is 23.2 Å². The molecule has 0 radical (unpaired) electrons. The minimum absolute atomic E-state index is 0.611. The minimum Gasteiger partial charge on any atom is -0.492 e. The first-order valence-electron chi connectivity index (χ1n) is 5.57. The van der Waals surface area contributed by atoms with Crippen molar-refractivity contribution in [1.29, 1.82) is 0 Å². The van der Waals surface area contributed by atoms with Crippen LogP contribution in [-0.4, -0.2) is 19.2 Å². The van der Waals surface area contributed by atoms with E-state index in [9.17, 15) is 0 Å². The van der Waals surface area contributed by atoms with E-state index in [2.05, 4.69) is 5.32 Å². The molecule has 1 aliphatic rings. The zero-order valence-electron chi connectivity index (χ0n) is 9.01. The highest BCUT2D eigenvalue weighted by Crippen LogP contribution is 2.27. The molecule has 0 unspecified atom stereocenters. The van der Waals surface area contributed by atoms with Gasteiger partial charge in [-0.2, -0.15) is 0 Å². The van der Waals surface area contributed by atoms with Crippen LogP contribution in [-0.2, 0) is 0 Å². The molecule has 1 aromatic rings. The van der Waals surface area contributed by atoms with Crippen molar-refractivity contribution in [3.8, 4) is 5.75 Å². The second-order valence-electron chi connectivity index (χ2n) is 4.01. The Labute approximate surface area is 106 Å². The van der Waals surface area contributed by atoms with Crippen LogP contribution in [0.4, 0.5) is 0 Å². The van der Waals surface area contributed by atoms with E-state index in [0.29, 0.717) is 22.4 Å². The number of benzene rings is 1. The number of halogens is 2. The molecule has 88 valence electrons. The van der Waals surface area contributed by atoms with Crippen molar-refractivity contribution in [2.75, 3.05) is 13.2 Å². The van der Waals surface area contributed by atoms with Crippen LogP contribution in [0, 0.1) is 0 Å². The number of hydrogen-bond acceptors (Lipinski definition) is 2. The Kier molecular flexibility index (Phi) is 4.33. The number of hydrogen-bond donors (Lipinski definition) is 1. The maximum absolute atomic E-state index is 5.97. The SMILES string of the molecule is Clc1ccc(Cl)c(OCCCNC2CC2)c1. The predicted octanol–water partition coefficient (Wildman–Crippen LogP) is 3.51. The van der Waals surface area contributed by atoms with Gasteiger partial charge in [0.05, 0.1) is 11.6 Å². The summed E-state index contributed by atoms with van der Waals surface area (Å²) < 4.78 is 5.56. The number of ether oxygens (including phenoxy) is 1. The van der Waals surface area contributed by atoms with Gasteiger partial charge in [-0.25, -0.2) is 0 Å². The summed E-state index contributed by atoms with van der Waals surface area (Å²) >= 11 is 11.8. The quantitative estimate of drug-likeness (QED) is 0.790. The van der Waals surface area contributed by atoms with Gasteiger partial charge in [0.15, 0.2) is 0 Å². The van der Waals surface area contributed by atoms with Gasteiger partial charge in [-0.3, -0.25) is 0 Å². The Morgan fingerprint density at radius 1 is 1.31 bits per heavy atom. The fraction of sp³-hybridized carbons (Fsp3) is 0.500. The molecular formula is C12H15Cl2NO. The number of rotatable bonds is 6. The summed E-state index contributed by atoms with van der Waals surface area (Å²) in [7, 11) is 0. The molecule has 1 aromatic carbocycles. The summed E-state index contributed by atoms with van der Waals surface area (Å²) in [5.74, 6) is 0.667. The van der Waals surface area contributed by atoms with Gasteiger partial charge in [0.25, 0.3) is 0 Å². The molecule has 1 N–H and O–H groups in total. The molecule has 1 saturated carbocycles. The van der Waals surface area contributed by atoms with Crippen molar-refractivity contribution in [1.82, 2.24) is 5.32 Å². The molecule has 0 saturated heterocycles. The Balaban J connectivity index is 1.69. The topological polar surface area (TPSA) is 21.3 Å². The standard InChI is InChI=1S/C12H15Cl2NO/c13-9-2-5-11(14)12(8-9)16-7-1-6-15-10-3-4-10/h2,5,8,10,15H,1,3-4,6-7H2.